The van der Waals surface area contributed by atoms with Gasteiger partial charge in [0.05, 0.1) is 23.9 Å². The smallest absolute Gasteiger partial charge is 0.268 e. The van der Waals surface area contributed by atoms with E-state index in [0.29, 0.717) is 35.0 Å². The second kappa shape index (κ2) is 9.96. The third-order valence-electron chi connectivity index (χ3n) is 6.64. The zero-order chi connectivity index (χ0) is 26.9. The summed E-state index contributed by atoms with van der Waals surface area (Å²) in [6.07, 6.45) is 1.65. The topological polar surface area (TPSA) is 125 Å². The number of pyridine rings is 2. The molecule has 0 aliphatic rings. The maximum Gasteiger partial charge on any atom is 0.268 e. The summed E-state index contributed by atoms with van der Waals surface area (Å²) in [5.41, 5.74) is 11.4. The van der Waals surface area contributed by atoms with Crippen LogP contribution in [0.25, 0.3) is 39.5 Å². The van der Waals surface area contributed by atoms with E-state index in [4.69, 9.17) is 20.4 Å². The van der Waals surface area contributed by atoms with Crippen LogP contribution >= 0.6 is 0 Å². The number of nitrogens with one attached hydrogen (secondary N) is 1. The van der Waals surface area contributed by atoms with E-state index in [9.17, 15) is 9.59 Å². The Balaban J connectivity index is 1.36. The van der Waals surface area contributed by atoms with Crippen molar-refractivity contribution < 1.29 is 4.74 Å². The zero-order valence-corrected chi connectivity index (χ0v) is 21.1. The fraction of sp³-hybridized carbons (Fsp3) is 0.100. The Morgan fingerprint density at radius 2 is 1.67 bits per heavy atom. The van der Waals surface area contributed by atoms with Crippen molar-refractivity contribution >= 4 is 17.0 Å². The number of fused-ring (bicyclic) bond motifs is 1. The number of nitrogen functional groups attached to an aromatic ring is 1. The van der Waals surface area contributed by atoms with E-state index in [-0.39, 0.29) is 12.3 Å². The van der Waals surface area contributed by atoms with Crippen molar-refractivity contribution in [3.05, 3.63) is 117 Å². The van der Waals surface area contributed by atoms with E-state index < -0.39 is 10.9 Å². The first-order chi connectivity index (χ1) is 19.0. The normalized spacial score (nSPS) is 11.3. The van der Waals surface area contributed by atoms with Gasteiger partial charge in [-0.05, 0) is 42.0 Å². The molecule has 39 heavy (non-hydrogen) atoms. The number of rotatable bonds is 8. The number of methoxy groups -OCH3 is 1. The molecule has 3 aromatic heterocycles. The van der Waals surface area contributed by atoms with Crippen LogP contribution in [0.15, 0.2) is 94.6 Å². The van der Waals surface area contributed by atoms with Gasteiger partial charge in [0.15, 0.2) is 17.2 Å². The summed E-state index contributed by atoms with van der Waals surface area (Å²) < 4.78 is 7.00. The van der Waals surface area contributed by atoms with Crippen LogP contribution in [0.5, 0.6) is 5.75 Å². The average Bonchev–Trinajstić information content (AvgIpc) is 3.36. The third kappa shape index (κ3) is 4.34. The molecule has 0 spiro atoms. The van der Waals surface area contributed by atoms with Crippen LogP contribution in [0, 0.1) is 0 Å². The van der Waals surface area contributed by atoms with Gasteiger partial charge in [-0.2, -0.15) is 0 Å². The lowest BCUT2D eigenvalue weighted by Crippen LogP contribution is -2.38. The number of hydrogen-bond acceptors (Lipinski definition) is 8. The lowest BCUT2D eigenvalue weighted by Gasteiger charge is -2.12. The van der Waals surface area contributed by atoms with Crippen molar-refractivity contribution in [3.63, 3.8) is 0 Å². The highest BCUT2D eigenvalue weighted by atomic mass is 16.5. The summed E-state index contributed by atoms with van der Waals surface area (Å²) in [6.45, 7) is 0.768. The van der Waals surface area contributed by atoms with Gasteiger partial charge in [0, 0.05) is 30.5 Å². The number of nitrogens with zero attached hydrogens (tertiary/aromatic N) is 4. The van der Waals surface area contributed by atoms with Crippen molar-refractivity contribution in [2.45, 2.75) is 13.1 Å². The Hall–Kier alpha value is -5.15. The van der Waals surface area contributed by atoms with Crippen molar-refractivity contribution in [3.8, 4) is 34.1 Å². The van der Waals surface area contributed by atoms with Crippen LogP contribution in [0.2, 0.25) is 0 Å². The lowest BCUT2D eigenvalue weighted by atomic mass is 10.1. The van der Waals surface area contributed by atoms with Gasteiger partial charge in [-0.25, -0.2) is 15.0 Å². The molecule has 9 heteroatoms. The van der Waals surface area contributed by atoms with E-state index in [1.165, 1.54) is 7.11 Å². The standard InChI is InChI=1S/C30H24N6O3/c1-39-27-22(25(37)26(27)38)17-32-16-18-9-11-20(12-10-18)36-29(21-8-5-15-33-28(21)31)35-24-14-13-23(34-30(24)36)19-6-3-2-4-7-19/h2-15,32H,16-17H2,1H3,(H2,31,33). The van der Waals surface area contributed by atoms with Crippen LogP contribution in [-0.2, 0) is 13.1 Å². The molecule has 0 saturated heterocycles. The van der Waals surface area contributed by atoms with Crippen LogP contribution in [0.3, 0.4) is 0 Å². The van der Waals surface area contributed by atoms with E-state index in [0.717, 1.165) is 28.0 Å². The molecule has 3 aromatic carbocycles. The quantitative estimate of drug-likeness (QED) is 0.294. The summed E-state index contributed by atoms with van der Waals surface area (Å²) in [7, 11) is 1.39. The van der Waals surface area contributed by atoms with Crippen molar-refractivity contribution in [1.82, 2.24) is 24.8 Å². The highest BCUT2D eigenvalue weighted by Gasteiger charge is 2.21. The summed E-state index contributed by atoms with van der Waals surface area (Å²) in [4.78, 5) is 37.5. The molecule has 0 saturated carbocycles. The van der Waals surface area contributed by atoms with Crippen LogP contribution in [0.1, 0.15) is 11.1 Å². The fourth-order valence-corrected chi connectivity index (χ4v) is 4.65. The summed E-state index contributed by atoms with van der Waals surface area (Å²) in [5, 5.41) is 3.21. The fourth-order valence-electron chi connectivity index (χ4n) is 4.65. The molecule has 0 radical (unpaired) electrons. The minimum absolute atomic E-state index is 0.138. The van der Waals surface area contributed by atoms with Crippen LogP contribution in [0.4, 0.5) is 5.82 Å². The predicted molar refractivity (Wildman–Crippen MR) is 150 cm³/mol. The maximum absolute atomic E-state index is 11.8. The van der Waals surface area contributed by atoms with Crippen molar-refractivity contribution in [2.24, 2.45) is 0 Å². The molecule has 0 bridgehead atoms. The van der Waals surface area contributed by atoms with Gasteiger partial charge in [-0.15, -0.1) is 0 Å². The number of aromatic nitrogens is 4. The molecule has 0 aliphatic carbocycles. The van der Waals surface area contributed by atoms with Gasteiger partial charge in [0.25, 0.3) is 5.43 Å². The minimum atomic E-state index is -0.569. The molecule has 6 aromatic rings. The first-order valence-electron chi connectivity index (χ1n) is 12.4. The third-order valence-corrected chi connectivity index (χ3v) is 6.64. The monoisotopic (exact) mass is 516 g/mol. The molecule has 0 amide bonds. The number of benzene rings is 2. The van der Waals surface area contributed by atoms with Gasteiger partial charge in [0.2, 0.25) is 5.43 Å². The Morgan fingerprint density at radius 3 is 2.41 bits per heavy atom. The number of anilines is 1. The van der Waals surface area contributed by atoms with Crippen molar-refractivity contribution in [2.75, 3.05) is 12.8 Å². The maximum atomic E-state index is 11.8. The summed E-state index contributed by atoms with van der Waals surface area (Å²) >= 11 is 0. The molecule has 0 unspecified atom stereocenters. The van der Waals surface area contributed by atoms with Gasteiger partial charge in [-0.1, -0.05) is 42.5 Å². The Morgan fingerprint density at radius 1 is 0.872 bits per heavy atom. The molecule has 3 N–H and O–H groups in total. The molecular formula is C30H24N6O3. The van der Waals surface area contributed by atoms with E-state index in [1.807, 2.05) is 83.4 Å². The molecule has 0 fully saturated rings. The van der Waals surface area contributed by atoms with E-state index >= 15 is 0 Å². The van der Waals surface area contributed by atoms with E-state index in [2.05, 4.69) is 10.3 Å². The summed E-state index contributed by atoms with van der Waals surface area (Å²) in [5.74, 6) is 1.16. The van der Waals surface area contributed by atoms with Gasteiger partial charge < -0.3 is 15.8 Å². The van der Waals surface area contributed by atoms with Gasteiger partial charge in [0.1, 0.15) is 11.3 Å². The first-order valence-corrected chi connectivity index (χ1v) is 12.4. The SMILES string of the molecule is COc1c(CNCc2ccc(-n3c(-c4cccnc4N)nc4ccc(-c5ccccc5)nc43)cc2)c(=O)c1=O. The molecule has 6 rings (SSSR count). The van der Waals surface area contributed by atoms with E-state index in [1.54, 1.807) is 6.20 Å². The Kier molecular flexibility index (Phi) is 6.18. The van der Waals surface area contributed by atoms with Crippen molar-refractivity contribution in [1.29, 1.82) is 0 Å². The predicted octanol–water partition coefficient (Wildman–Crippen LogP) is 3.63. The molecule has 0 atom stereocenters. The molecule has 9 nitrogen and oxygen atoms in total. The average molecular weight is 517 g/mol. The second-order valence-corrected chi connectivity index (χ2v) is 9.05. The number of imidazole rings is 1. The van der Waals surface area contributed by atoms with Crippen LogP contribution < -0.4 is 26.6 Å². The molecular weight excluding hydrogens is 492 g/mol. The second-order valence-electron chi connectivity index (χ2n) is 9.05. The van der Waals surface area contributed by atoms with Crippen LogP contribution in [-0.4, -0.2) is 26.6 Å². The lowest BCUT2D eigenvalue weighted by molar-refractivity contribution is 0.396. The largest absolute Gasteiger partial charge is 0.492 e. The minimum Gasteiger partial charge on any atom is -0.492 e. The van der Waals surface area contributed by atoms with Gasteiger partial charge >= 0.3 is 0 Å². The highest BCUT2D eigenvalue weighted by Crippen LogP contribution is 2.31. The highest BCUT2D eigenvalue weighted by molar-refractivity contribution is 5.84. The zero-order valence-electron chi connectivity index (χ0n) is 21.1. The number of nitrogens with two attached hydrogens (primary N) is 1. The first kappa shape index (κ1) is 24.2. The van der Waals surface area contributed by atoms with Gasteiger partial charge in [-0.3, -0.25) is 14.2 Å². The molecule has 0 aliphatic heterocycles. The molecule has 3 heterocycles. The Labute approximate surface area is 223 Å². The number of ether oxygens (including phenoxy) is 1. The Bertz CT molecular complexity index is 1870. The molecule has 192 valence electrons. The summed E-state index contributed by atoms with van der Waals surface area (Å²) in [6, 6.07) is 25.6. The number of hydrogen-bond donors (Lipinski definition) is 2.